The predicted molar refractivity (Wildman–Crippen MR) is 104 cm³/mol. The number of benzene rings is 2. The van der Waals surface area contributed by atoms with Gasteiger partial charge >= 0.3 is 0 Å². The van der Waals surface area contributed by atoms with Crippen molar-refractivity contribution < 1.29 is 4.39 Å². The highest BCUT2D eigenvalue weighted by atomic mass is 19.1. The Morgan fingerprint density at radius 1 is 1.11 bits per heavy atom. The van der Waals surface area contributed by atoms with Crippen LogP contribution in [0.3, 0.4) is 0 Å². The number of likely N-dealkylation sites (N-methyl/N-ethyl adjacent to an activating group) is 1. The Balaban J connectivity index is 1.64. The third-order valence-corrected chi connectivity index (χ3v) is 5.40. The molecular weight excluding hydrogens is 339 g/mol. The lowest BCUT2D eigenvalue weighted by Gasteiger charge is -2.32. The number of H-pyrrole nitrogens is 1. The maximum absolute atomic E-state index is 15.4. The van der Waals surface area contributed by atoms with Gasteiger partial charge in [0.05, 0.1) is 12.4 Å². The number of nitrogens with zero attached hydrogens (tertiary/aromatic N) is 3. The molecule has 3 heterocycles. The average molecular weight is 358 g/mol. The van der Waals surface area contributed by atoms with Gasteiger partial charge in [0.15, 0.2) is 0 Å². The van der Waals surface area contributed by atoms with Crippen molar-refractivity contribution in [2.75, 3.05) is 13.6 Å². The Kier molecular flexibility index (Phi) is 3.76. The number of aromatic amines is 1. The lowest BCUT2D eigenvalue weighted by molar-refractivity contribution is 0.287. The molecule has 0 radical (unpaired) electrons. The van der Waals surface area contributed by atoms with Crippen LogP contribution in [0.1, 0.15) is 22.7 Å². The number of aromatic nitrogens is 3. The van der Waals surface area contributed by atoms with E-state index < -0.39 is 0 Å². The largest absolute Gasteiger partial charge is 0.358 e. The Morgan fingerprint density at radius 2 is 2.00 bits per heavy atom. The third kappa shape index (κ3) is 2.71. The number of hydrogen-bond acceptors (Lipinski definition) is 3. The Hall–Kier alpha value is -3.05. The van der Waals surface area contributed by atoms with Crippen molar-refractivity contribution >= 4 is 10.9 Å². The molecule has 0 fully saturated rings. The molecule has 2 aromatic heterocycles. The maximum atomic E-state index is 15.4. The fourth-order valence-electron chi connectivity index (χ4n) is 4.09. The van der Waals surface area contributed by atoms with E-state index in [0.717, 1.165) is 34.4 Å². The molecule has 4 nitrogen and oxygen atoms in total. The molecule has 0 amide bonds. The van der Waals surface area contributed by atoms with Crippen LogP contribution in [-0.4, -0.2) is 33.7 Å². The summed E-state index contributed by atoms with van der Waals surface area (Å²) >= 11 is 0. The highest BCUT2D eigenvalue weighted by Gasteiger charge is 2.29. The molecule has 27 heavy (non-hydrogen) atoms. The normalized spacial score (nSPS) is 17.2. The summed E-state index contributed by atoms with van der Waals surface area (Å²) in [5.41, 5.74) is 5.39. The molecule has 1 aliphatic rings. The summed E-state index contributed by atoms with van der Waals surface area (Å²) in [6.07, 6.45) is 3.19. The minimum atomic E-state index is -0.159. The predicted octanol–water partition coefficient (Wildman–Crippen LogP) is 4.34. The van der Waals surface area contributed by atoms with Crippen molar-refractivity contribution in [2.45, 2.75) is 12.5 Å². The first kappa shape index (κ1) is 16.1. The summed E-state index contributed by atoms with van der Waals surface area (Å²) in [5.74, 6) is -0.0431. The average Bonchev–Trinajstić information content (AvgIpc) is 3.13. The van der Waals surface area contributed by atoms with E-state index in [2.05, 4.69) is 44.3 Å². The van der Waals surface area contributed by atoms with Gasteiger partial charge in [0.2, 0.25) is 0 Å². The van der Waals surface area contributed by atoms with Gasteiger partial charge in [-0.2, -0.15) is 10.2 Å². The van der Waals surface area contributed by atoms with E-state index in [1.54, 1.807) is 18.5 Å². The van der Waals surface area contributed by atoms with Crippen molar-refractivity contribution in [3.05, 3.63) is 83.6 Å². The number of rotatable bonds is 2. The minimum absolute atomic E-state index is 0.116. The van der Waals surface area contributed by atoms with Gasteiger partial charge in [0, 0.05) is 46.9 Å². The smallest absolute Gasteiger partial charge is 0.135 e. The minimum Gasteiger partial charge on any atom is -0.358 e. The third-order valence-electron chi connectivity index (χ3n) is 5.40. The highest BCUT2D eigenvalue weighted by Crippen LogP contribution is 2.38. The molecule has 134 valence electrons. The zero-order valence-electron chi connectivity index (χ0n) is 15.0. The SMILES string of the molecule is CN1Cc2c(ccc(-c3ccnnc3)c2F)C(c2cc3ccccc3[nH]2)C1. The second-order valence-corrected chi connectivity index (χ2v) is 7.19. The molecule has 0 spiro atoms. The summed E-state index contributed by atoms with van der Waals surface area (Å²) in [5, 5.41) is 8.85. The van der Waals surface area contributed by atoms with Crippen LogP contribution in [-0.2, 0) is 6.54 Å². The van der Waals surface area contributed by atoms with Crippen LogP contribution in [0.5, 0.6) is 0 Å². The molecule has 0 saturated heterocycles. The fraction of sp³-hybridized carbons (Fsp3) is 0.182. The van der Waals surface area contributed by atoms with Crippen molar-refractivity contribution in [1.82, 2.24) is 20.1 Å². The molecular formula is C22H19FN4. The van der Waals surface area contributed by atoms with Gasteiger partial charge in [0.25, 0.3) is 0 Å². The lowest BCUT2D eigenvalue weighted by atomic mass is 9.85. The summed E-state index contributed by atoms with van der Waals surface area (Å²) in [4.78, 5) is 5.70. The second-order valence-electron chi connectivity index (χ2n) is 7.19. The van der Waals surface area contributed by atoms with Gasteiger partial charge in [-0.3, -0.25) is 0 Å². The van der Waals surface area contributed by atoms with Gasteiger partial charge < -0.3 is 9.88 Å². The first-order valence-corrected chi connectivity index (χ1v) is 9.05. The zero-order valence-corrected chi connectivity index (χ0v) is 15.0. The Labute approximate surface area is 156 Å². The van der Waals surface area contributed by atoms with Crippen molar-refractivity contribution in [3.63, 3.8) is 0 Å². The topological polar surface area (TPSA) is 44.8 Å². The number of halogens is 1. The van der Waals surface area contributed by atoms with E-state index in [9.17, 15) is 0 Å². The van der Waals surface area contributed by atoms with Crippen LogP contribution in [0.4, 0.5) is 4.39 Å². The number of nitrogens with one attached hydrogen (secondary N) is 1. The van der Waals surface area contributed by atoms with Crippen LogP contribution in [0, 0.1) is 5.82 Å². The van der Waals surface area contributed by atoms with Gasteiger partial charge in [0.1, 0.15) is 5.82 Å². The van der Waals surface area contributed by atoms with E-state index in [0.29, 0.717) is 12.1 Å². The van der Waals surface area contributed by atoms with E-state index in [1.807, 2.05) is 25.2 Å². The lowest BCUT2D eigenvalue weighted by Crippen LogP contribution is -2.32. The Morgan fingerprint density at radius 3 is 2.81 bits per heavy atom. The van der Waals surface area contributed by atoms with E-state index >= 15 is 4.39 Å². The summed E-state index contributed by atoms with van der Waals surface area (Å²) < 4.78 is 15.4. The molecule has 1 atom stereocenters. The summed E-state index contributed by atoms with van der Waals surface area (Å²) in [7, 11) is 2.04. The molecule has 1 unspecified atom stereocenters. The maximum Gasteiger partial charge on any atom is 0.135 e. The van der Waals surface area contributed by atoms with E-state index in [4.69, 9.17) is 0 Å². The molecule has 0 aliphatic carbocycles. The van der Waals surface area contributed by atoms with Crippen LogP contribution in [0.25, 0.3) is 22.0 Å². The van der Waals surface area contributed by atoms with Gasteiger partial charge in [-0.1, -0.05) is 30.3 Å². The first-order chi connectivity index (χ1) is 13.2. The summed E-state index contributed by atoms with van der Waals surface area (Å²) in [6, 6.07) is 16.1. The van der Waals surface area contributed by atoms with Gasteiger partial charge in [-0.05, 0) is 36.2 Å². The molecule has 1 aliphatic heterocycles. The monoisotopic (exact) mass is 358 g/mol. The van der Waals surface area contributed by atoms with Crippen LogP contribution in [0.2, 0.25) is 0 Å². The molecule has 1 N–H and O–H groups in total. The molecule has 5 heteroatoms. The quantitative estimate of drug-likeness (QED) is 0.580. The number of fused-ring (bicyclic) bond motifs is 2. The van der Waals surface area contributed by atoms with E-state index in [-0.39, 0.29) is 11.7 Å². The van der Waals surface area contributed by atoms with Crippen molar-refractivity contribution in [2.24, 2.45) is 0 Å². The first-order valence-electron chi connectivity index (χ1n) is 9.05. The molecule has 2 aromatic carbocycles. The highest BCUT2D eigenvalue weighted by molar-refractivity contribution is 5.80. The molecule has 0 saturated carbocycles. The molecule has 0 bridgehead atoms. The standard InChI is InChI=1S/C22H19FN4/c1-27-12-18(21-10-14-4-2-3-5-20(14)26-21)17-7-6-16(22(23)19(17)13-27)15-8-9-24-25-11-15/h2-11,18,26H,12-13H2,1H3. The van der Waals surface area contributed by atoms with Crippen LogP contribution in [0.15, 0.2) is 60.9 Å². The number of para-hydroxylation sites is 1. The van der Waals surface area contributed by atoms with Gasteiger partial charge in [-0.25, -0.2) is 4.39 Å². The zero-order chi connectivity index (χ0) is 18.4. The van der Waals surface area contributed by atoms with Crippen LogP contribution >= 0.6 is 0 Å². The summed E-state index contributed by atoms with van der Waals surface area (Å²) in [6.45, 7) is 1.46. The fourth-order valence-corrected chi connectivity index (χ4v) is 4.09. The van der Waals surface area contributed by atoms with E-state index in [1.165, 1.54) is 5.39 Å². The van der Waals surface area contributed by atoms with Crippen molar-refractivity contribution in [3.8, 4) is 11.1 Å². The second kappa shape index (κ2) is 6.28. The molecule has 5 rings (SSSR count). The Bertz CT molecular complexity index is 1090. The van der Waals surface area contributed by atoms with Gasteiger partial charge in [-0.15, -0.1) is 0 Å². The number of hydrogen-bond donors (Lipinski definition) is 1. The van der Waals surface area contributed by atoms with Crippen molar-refractivity contribution in [1.29, 1.82) is 0 Å². The molecule has 4 aromatic rings. The van der Waals surface area contributed by atoms with Crippen LogP contribution < -0.4 is 0 Å².